The number of anilines is 1. The number of halogens is 1. The van der Waals surface area contributed by atoms with Gasteiger partial charge in [-0.05, 0) is 85.0 Å². The van der Waals surface area contributed by atoms with Crippen LogP contribution in [0.15, 0.2) is 42.5 Å². The molecule has 0 saturated heterocycles. The predicted octanol–water partition coefficient (Wildman–Crippen LogP) is 6.90. The van der Waals surface area contributed by atoms with E-state index in [2.05, 4.69) is 31.4 Å². The lowest BCUT2D eigenvalue weighted by Crippen LogP contribution is -2.38. The first-order valence-corrected chi connectivity index (χ1v) is 14.0. The molecule has 1 aromatic heterocycles. The minimum atomic E-state index is -0.610. The molecule has 1 aliphatic heterocycles. The second-order valence-electron chi connectivity index (χ2n) is 10.6. The van der Waals surface area contributed by atoms with Crippen LogP contribution < -0.4 is 20.1 Å². The molecule has 8 heteroatoms. The maximum atomic E-state index is 13.3. The highest BCUT2D eigenvalue weighted by atomic mass is 32.1. The van der Waals surface area contributed by atoms with E-state index in [0.717, 1.165) is 41.8 Å². The number of carbonyl (C=O) groups excluding carboxylic acids is 2. The van der Waals surface area contributed by atoms with Crippen molar-refractivity contribution in [1.82, 2.24) is 5.32 Å². The summed E-state index contributed by atoms with van der Waals surface area (Å²) in [5.74, 6) is 0.141. The van der Waals surface area contributed by atoms with Crippen molar-refractivity contribution in [3.05, 3.63) is 75.4 Å². The van der Waals surface area contributed by atoms with Crippen LogP contribution in [0.5, 0.6) is 11.5 Å². The van der Waals surface area contributed by atoms with Gasteiger partial charge < -0.3 is 20.1 Å². The fourth-order valence-electron chi connectivity index (χ4n) is 5.22. The van der Waals surface area contributed by atoms with E-state index in [4.69, 9.17) is 9.47 Å². The first-order chi connectivity index (χ1) is 18.2. The molecule has 2 unspecified atom stereocenters. The van der Waals surface area contributed by atoms with Gasteiger partial charge in [-0.25, -0.2) is 9.18 Å². The molecule has 2 aromatic carbocycles. The molecule has 0 bridgehead atoms. The zero-order valence-electron chi connectivity index (χ0n) is 22.2. The molecule has 0 spiro atoms. The second-order valence-corrected chi connectivity index (χ2v) is 11.7. The number of thiophene rings is 1. The van der Waals surface area contributed by atoms with Crippen LogP contribution in [0.3, 0.4) is 0 Å². The monoisotopic (exact) mass is 536 g/mol. The maximum absolute atomic E-state index is 13.3. The standard InChI is InChI=1S/C30H33FN2O4S/c1-5-30(3,4)19-10-13-21-24(16-19)38-28-25(21)27(34)32-26(33-28)18-9-14-22(23(15-18)36-6-2)37-29(35)17-7-11-20(31)12-8-17/h7-9,11-12,14-15,19,26,33H,5-6,10,13,16H2,1-4H3,(H,32,34). The molecular formula is C30H33FN2O4S. The minimum Gasteiger partial charge on any atom is -0.490 e. The van der Waals surface area contributed by atoms with E-state index < -0.39 is 18.0 Å². The van der Waals surface area contributed by atoms with Gasteiger partial charge >= 0.3 is 5.97 Å². The molecule has 2 atom stereocenters. The van der Waals surface area contributed by atoms with Crippen LogP contribution in [0.2, 0.25) is 0 Å². The van der Waals surface area contributed by atoms with Crippen molar-refractivity contribution in [3.63, 3.8) is 0 Å². The van der Waals surface area contributed by atoms with Gasteiger partial charge in [0.2, 0.25) is 0 Å². The van der Waals surface area contributed by atoms with Gasteiger partial charge in [0.1, 0.15) is 17.0 Å². The van der Waals surface area contributed by atoms with E-state index in [1.54, 1.807) is 29.5 Å². The van der Waals surface area contributed by atoms with E-state index in [-0.39, 0.29) is 22.6 Å². The molecule has 0 radical (unpaired) electrons. The van der Waals surface area contributed by atoms with Gasteiger partial charge in [-0.3, -0.25) is 4.79 Å². The fraction of sp³-hybridized carbons (Fsp3) is 0.400. The largest absolute Gasteiger partial charge is 0.490 e. The highest BCUT2D eigenvalue weighted by Crippen LogP contribution is 2.47. The molecule has 6 nitrogen and oxygen atoms in total. The third-order valence-electron chi connectivity index (χ3n) is 7.94. The Morgan fingerprint density at radius 2 is 1.87 bits per heavy atom. The SMILES string of the molecule is CCOc1cc(C2NC(=O)c3c(sc4c3CCC(C(C)(C)CC)C4)N2)ccc1OC(=O)c1ccc(F)cc1. The highest BCUT2D eigenvalue weighted by molar-refractivity contribution is 7.16. The summed E-state index contributed by atoms with van der Waals surface area (Å²) in [5.41, 5.74) is 3.26. The van der Waals surface area contributed by atoms with Crippen LogP contribution in [0.4, 0.5) is 9.39 Å². The number of carbonyl (C=O) groups is 2. The predicted molar refractivity (Wildman–Crippen MR) is 147 cm³/mol. The van der Waals surface area contributed by atoms with Crippen LogP contribution >= 0.6 is 11.3 Å². The first-order valence-electron chi connectivity index (χ1n) is 13.2. The number of fused-ring (bicyclic) bond motifs is 3. The Labute approximate surface area is 226 Å². The van der Waals surface area contributed by atoms with Crippen molar-refractivity contribution < 1.29 is 23.5 Å². The van der Waals surface area contributed by atoms with Crippen molar-refractivity contribution in [3.8, 4) is 11.5 Å². The molecule has 1 aliphatic carbocycles. The summed E-state index contributed by atoms with van der Waals surface area (Å²) >= 11 is 1.70. The Balaban J connectivity index is 1.37. The summed E-state index contributed by atoms with van der Waals surface area (Å²) in [6.07, 6.45) is 3.73. The average Bonchev–Trinajstić information content (AvgIpc) is 3.28. The number of ether oxygens (including phenoxy) is 2. The van der Waals surface area contributed by atoms with Crippen molar-refractivity contribution >= 4 is 28.2 Å². The van der Waals surface area contributed by atoms with Crippen LogP contribution in [0.25, 0.3) is 0 Å². The lowest BCUT2D eigenvalue weighted by Gasteiger charge is -2.36. The Morgan fingerprint density at radius 3 is 2.58 bits per heavy atom. The summed E-state index contributed by atoms with van der Waals surface area (Å²) in [7, 11) is 0. The fourth-order valence-corrected chi connectivity index (χ4v) is 6.58. The van der Waals surface area contributed by atoms with Crippen LogP contribution in [0, 0.1) is 17.2 Å². The molecule has 1 amide bonds. The number of nitrogens with one attached hydrogen (secondary N) is 2. The molecule has 2 heterocycles. The molecular weight excluding hydrogens is 503 g/mol. The second kappa shape index (κ2) is 10.4. The van der Waals surface area contributed by atoms with Gasteiger partial charge in [0, 0.05) is 4.88 Å². The zero-order valence-corrected chi connectivity index (χ0v) is 23.0. The smallest absolute Gasteiger partial charge is 0.343 e. The number of hydrogen-bond donors (Lipinski definition) is 2. The van der Waals surface area contributed by atoms with E-state index in [0.29, 0.717) is 18.3 Å². The summed E-state index contributed by atoms with van der Waals surface area (Å²) in [5, 5.41) is 7.52. The molecule has 200 valence electrons. The van der Waals surface area contributed by atoms with Crippen LogP contribution in [-0.2, 0) is 12.8 Å². The van der Waals surface area contributed by atoms with E-state index in [1.807, 2.05) is 6.92 Å². The van der Waals surface area contributed by atoms with Crippen LogP contribution in [0.1, 0.15) is 83.4 Å². The van der Waals surface area contributed by atoms with Crippen LogP contribution in [-0.4, -0.2) is 18.5 Å². The van der Waals surface area contributed by atoms with Crippen molar-refractivity contribution in [1.29, 1.82) is 0 Å². The summed E-state index contributed by atoms with van der Waals surface area (Å²) < 4.78 is 24.5. The molecule has 3 aromatic rings. The quantitative estimate of drug-likeness (QED) is 0.254. The van der Waals surface area contributed by atoms with Gasteiger partial charge in [-0.1, -0.05) is 33.3 Å². The third-order valence-corrected chi connectivity index (χ3v) is 9.13. The summed E-state index contributed by atoms with van der Waals surface area (Å²) in [6, 6.07) is 10.4. The maximum Gasteiger partial charge on any atom is 0.343 e. The normalized spacial score (nSPS) is 18.6. The molecule has 0 saturated carbocycles. The summed E-state index contributed by atoms with van der Waals surface area (Å²) in [4.78, 5) is 27.2. The van der Waals surface area contributed by atoms with Crippen molar-refractivity contribution in [2.75, 3.05) is 11.9 Å². The zero-order chi connectivity index (χ0) is 27.0. The number of esters is 1. The minimum absolute atomic E-state index is 0.0702. The molecule has 0 fully saturated rings. The molecule has 5 rings (SSSR count). The Bertz CT molecular complexity index is 1370. The molecule has 38 heavy (non-hydrogen) atoms. The van der Waals surface area contributed by atoms with Gasteiger partial charge in [0.05, 0.1) is 17.7 Å². The van der Waals surface area contributed by atoms with Gasteiger partial charge in [0.25, 0.3) is 5.91 Å². The topological polar surface area (TPSA) is 76.7 Å². The lowest BCUT2D eigenvalue weighted by atomic mass is 9.69. The van der Waals surface area contributed by atoms with E-state index >= 15 is 0 Å². The van der Waals surface area contributed by atoms with Gasteiger partial charge in [0.15, 0.2) is 11.5 Å². The Kier molecular flexibility index (Phi) is 7.18. The van der Waals surface area contributed by atoms with Gasteiger partial charge in [-0.2, -0.15) is 0 Å². The first kappa shape index (κ1) is 26.2. The Morgan fingerprint density at radius 1 is 1.11 bits per heavy atom. The number of benzene rings is 2. The number of hydrogen-bond acceptors (Lipinski definition) is 6. The van der Waals surface area contributed by atoms with Crippen molar-refractivity contribution in [2.45, 2.75) is 59.5 Å². The number of rotatable bonds is 7. The van der Waals surface area contributed by atoms with Gasteiger partial charge in [-0.15, -0.1) is 11.3 Å². The Hall–Kier alpha value is -3.39. The highest BCUT2D eigenvalue weighted by Gasteiger charge is 2.37. The van der Waals surface area contributed by atoms with E-state index in [1.165, 1.54) is 34.7 Å². The van der Waals surface area contributed by atoms with Crippen molar-refractivity contribution in [2.24, 2.45) is 11.3 Å². The molecule has 2 aliphatic rings. The number of amides is 1. The lowest BCUT2D eigenvalue weighted by molar-refractivity contribution is 0.0728. The summed E-state index contributed by atoms with van der Waals surface area (Å²) in [6.45, 7) is 9.14. The van der Waals surface area contributed by atoms with E-state index in [9.17, 15) is 14.0 Å². The average molecular weight is 537 g/mol. The third kappa shape index (κ3) is 5.01. The molecule has 2 N–H and O–H groups in total.